The van der Waals surface area contributed by atoms with Gasteiger partial charge >= 0.3 is 0 Å². The number of methoxy groups -OCH3 is 3. The van der Waals surface area contributed by atoms with Crippen molar-refractivity contribution in [2.75, 3.05) is 27.9 Å². The highest BCUT2D eigenvalue weighted by Gasteiger charge is 2.21. The van der Waals surface area contributed by atoms with Crippen LogP contribution in [0.2, 0.25) is 0 Å². The van der Waals surface area contributed by atoms with Gasteiger partial charge in [-0.15, -0.1) is 0 Å². The van der Waals surface area contributed by atoms with Crippen LogP contribution in [0.25, 0.3) is 22.4 Å². The van der Waals surface area contributed by atoms with Crippen LogP contribution in [0.1, 0.15) is 36.5 Å². The highest BCUT2D eigenvalue weighted by Crippen LogP contribution is 2.39. The molecule has 0 saturated heterocycles. The molecule has 0 amide bonds. The van der Waals surface area contributed by atoms with Crippen molar-refractivity contribution in [1.82, 2.24) is 9.55 Å². The van der Waals surface area contributed by atoms with Crippen LogP contribution in [0, 0.1) is 0 Å². The SMILES string of the molecule is COCCn1c(-c2ccc(C(C)C)cc2)nc2c(Br)c(Cc3cccc(OC)c3)cc(OC)c21. The summed E-state index contributed by atoms with van der Waals surface area (Å²) in [5.41, 5.74) is 6.49. The van der Waals surface area contributed by atoms with E-state index in [0.717, 1.165) is 55.9 Å². The summed E-state index contributed by atoms with van der Waals surface area (Å²) in [6.45, 7) is 5.66. The molecule has 0 radical (unpaired) electrons. The van der Waals surface area contributed by atoms with Crippen molar-refractivity contribution in [2.45, 2.75) is 32.7 Å². The standard InChI is InChI=1S/C28H31BrN2O3/c1-18(2)20-9-11-21(12-10-20)28-30-26-25(29)22(15-19-7-6-8-23(16-19)33-4)17-24(34-5)27(26)31(28)13-14-32-3/h6-12,16-18H,13-15H2,1-5H3. The lowest BCUT2D eigenvalue weighted by atomic mass is 10.0. The van der Waals surface area contributed by atoms with E-state index in [2.05, 4.69) is 76.8 Å². The first kappa shape index (κ1) is 24.3. The molecule has 0 aliphatic rings. The van der Waals surface area contributed by atoms with E-state index in [4.69, 9.17) is 19.2 Å². The minimum atomic E-state index is 0.481. The van der Waals surface area contributed by atoms with Gasteiger partial charge in [0, 0.05) is 23.7 Å². The van der Waals surface area contributed by atoms with Crippen molar-refractivity contribution in [3.05, 3.63) is 75.8 Å². The Bertz CT molecular complexity index is 1280. The first-order valence-corrected chi connectivity index (χ1v) is 12.2. The number of ether oxygens (including phenoxy) is 3. The zero-order chi connectivity index (χ0) is 24.2. The zero-order valence-electron chi connectivity index (χ0n) is 20.4. The second kappa shape index (κ2) is 10.6. The first-order chi connectivity index (χ1) is 16.5. The lowest BCUT2D eigenvalue weighted by Crippen LogP contribution is -2.07. The van der Waals surface area contributed by atoms with Gasteiger partial charge in [-0.05, 0) is 63.2 Å². The fourth-order valence-electron chi connectivity index (χ4n) is 4.22. The largest absolute Gasteiger partial charge is 0.497 e. The van der Waals surface area contributed by atoms with Crippen LogP contribution in [-0.2, 0) is 17.7 Å². The average molecular weight is 523 g/mol. The minimum absolute atomic E-state index is 0.481. The third-order valence-electron chi connectivity index (χ3n) is 6.10. The van der Waals surface area contributed by atoms with E-state index in [-0.39, 0.29) is 0 Å². The molecule has 0 aliphatic carbocycles. The van der Waals surface area contributed by atoms with Crippen LogP contribution in [0.4, 0.5) is 0 Å². The molecule has 1 heterocycles. The predicted octanol–water partition coefficient (Wildman–Crippen LogP) is 6.84. The number of aromatic nitrogens is 2. The highest BCUT2D eigenvalue weighted by molar-refractivity contribution is 9.10. The first-order valence-electron chi connectivity index (χ1n) is 11.4. The molecule has 1 aromatic heterocycles. The molecule has 0 aliphatic heterocycles. The Hall–Kier alpha value is -2.83. The molecule has 0 saturated carbocycles. The van der Waals surface area contributed by atoms with Gasteiger partial charge in [-0.3, -0.25) is 0 Å². The Morgan fingerprint density at radius 1 is 0.971 bits per heavy atom. The van der Waals surface area contributed by atoms with Gasteiger partial charge in [0.05, 0.1) is 20.8 Å². The van der Waals surface area contributed by atoms with Crippen molar-refractivity contribution in [1.29, 1.82) is 0 Å². The summed E-state index contributed by atoms with van der Waals surface area (Å²) >= 11 is 3.86. The number of benzene rings is 3. The molecule has 6 heteroatoms. The van der Waals surface area contributed by atoms with Crippen molar-refractivity contribution >= 4 is 27.0 Å². The van der Waals surface area contributed by atoms with Crippen LogP contribution < -0.4 is 9.47 Å². The molecule has 0 unspecified atom stereocenters. The van der Waals surface area contributed by atoms with Gasteiger partial charge in [-0.1, -0.05) is 50.2 Å². The predicted molar refractivity (Wildman–Crippen MR) is 141 cm³/mol. The molecule has 3 aromatic carbocycles. The van der Waals surface area contributed by atoms with Crippen LogP contribution in [-0.4, -0.2) is 37.5 Å². The maximum Gasteiger partial charge on any atom is 0.145 e. The summed E-state index contributed by atoms with van der Waals surface area (Å²) in [6.07, 6.45) is 0.730. The maximum absolute atomic E-state index is 5.88. The number of halogens is 1. The smallest absolute Gasteiger partial charge is 0.145 e. The molecule has 178 valence electrons. The minimum Gasteiger partial charge on any atom is -0.497 e. The van der Waals surface area contributed by atoms with E-state index >= 15 is 0 Å². The molecule has 0 spiro atoms. The lowest BCUT2D eigenvalue weighted by molar-refractivity contribution is 0.188. The van der Waals surface area contributed by atoms with Gasteiger partial charge in [-0.25, -0.2) is 4.98 Å². The van der Waals surface area contributed by atoms with Crippen LogP contribution in [0.5, 0.6) is 11.5 Å². The van der Waals surface area contributed by atoms with Crippen molar-refractivity contribution < 1.29 is 14.2 Å². The number of hydrogen-bond donors (Lipinski definition) is 0. The van der Waals surface area contributed by atoms with E-state index in [1.54, 1.807) is 21.3 Å². The summed E-state index contributed by atoms with van der Waals surface area (Å²) in [4.78, 5) is 5.11. The van der Waals surface area contributed by atoms with Crippen LogP contribution in [0.15, 0.2) is 59.1 Å². The summed E-state index contributed by atoms with van der Waals surface area (Å²) in [5, 5.41) is 0. The number of imidazole rings is 1. The quantitative estimate of drug-likeness (QED) is 0.241. The van der Waals surface area contributed by atoms with E-state index in [0.29, 0.717) is 19.1 Å². The third-order valence-corrected chi connectivity index (χ3v) is 6.98. The molecular weight excluding hydrogens is 492 g/mol. The average Bonchev–Trinajstić information content (AvgIpc) is 3.24. The Kier molecular flexibility index (Phi) is 7.59. The van der Waals surface area contributed by atoms with Gasteiger partial charge in [0.1, 0.15) is 28.4 Å². The summed E-state index contributed by atoms with van der Waals surface area (Å²) in [7, 11) is 5.12. The maximum atomic E-state index is 5.88. The van der Waals surface area contributed by atoms with Crippen molar-refractivity contribution in [3.8, 4) is 22.9 Å². The molecule has 34 heavy (non-hydrogen) atoms. The molecule has 0 atom stereocenters. The topological polar surface area (TPSA) is 45.5 Å². The third kappa shape index (κ3) is 4.84. The summed E-state index contributed by atoms with van der Waals surface area (Å²) in [6, 6.07) is 18.9. The molecule has 4 aromatic rings. The second-order valence-electron chi connectivity index (χ2n) is 8.63. The Morgan fingerprint density at radius 2 is 1.74 bits per heavy atom. The van der Waals surface area contributed by atoms with Gasteiger partial charge < -0.3 is 18.8 Å². The summed E-state index contributed by atoms with van der Waals surface area (Å²) < 4.78 is 19.9. The molecule has 4 rings (SSSR count). The van der Waals surface area contributed by atoms with Crippen LogP contribution >= 0.6 is 15.9 Å². The van der Waals surface area contributed by atoms with Gasteiger partial charge in [-0.2, -0.15) is 0 Å². The van der Waals surface area contributed by atoms with Gasteiger partial charge in [0.25, 0.3) is 0 Å². The Labute approximate surface area is 209 Å². The highest BCUT2D eigenvalue weighted by atomic mass is 79.9. The second-order valence-corrected chi connectivity index (χ2v) is 9.43. The summed E-state index contributed by atoms with van der Waals surface area (Å²) in [5.74, 6) is 3.03. The Morgan fingerprint density at radius 3 is 2.38 bits per heavy atom. The van der Waals surface area contributed by atoms with E-state index in [9.17, 15) is 0 Å². The molecular formula is C28H31BrN2O3. The van der Waals surface area contributed by atoms with Gasteiger partial charge in [0.15, 0.2) is 0 Å². The number of rotatable bonds is 9. The lowest BCUT2D eigenvalue weighted by Gasteiger charge is -2.14. The molecule has 0 bridgehead atoms. The van der Waals surface area contributed by atoms with Crippen LogP contribution in [0.3, 0.4) is 0 Å². The van der Waals surface area contributed by atoms with E-state index < -0.39 is 0 Å². The van der Waals surface area contributed by atoms with Crippen molar-refractivity contribution in [2.24, 2.45) is 0 Å². The normalized spacial score (nSPS) is 11.4. The van der Waals surface area contributed by atoms with Crippen molar-refractivity contribution in [3.63, 3.8) is 0 Å². The number of nitrogens with zero attached hydrogens (tertiary/aromatic N) is 2. The number of fused-ring (bicyclic) bond motifs is 1. The fraction of sp³-hybridized carbons (Fsp3) is 0.321. The monoisotopic (exact) mass is 522 g/mol. The zero-order valence-corrected chi connectivity index (χ0v) is 22.0. The Balaban J connectivity index is 1.87. The molecule has 0 fully saturated rings. The van der Waals surface area contributed by atoms with Gasteiger partial charge in [0.2, 0.25) is 0 Å². The number of hydrogen-bond acceptors (Lipinski definition) is 4. The van der Waals surface area contributed by atoms with E-state index in [1.165, 1.54) is 5.56 Å². The molecule has 0 N–H and O–H groups in total. The van der Waals surface area contributed by atoms with E-state index in [1.807, 2.05) is 12.1 Å². The molecule has 5 nitrogen and oxygen atoms in total. The fourth-order valence-corrected chi connectivity index (χ4v) is 4.75.